The van der Waals surface area contributed by atoms with E-state index in [1.807, 2.05) is 14.0 Å². The molecule has 1 N–H and O–H groups in total. The van der Waals surface area contributed by atoms with Crippen LogP contribution in [0.25, 0.3) is 0 Å². The highest BCUT2D eigenvalue weighted by molar-refractivity contribution is 5.42. The van der Waals surface area contributed by atoms with Crippen LogP contribution in [0.15, 0.2) is 18.2 Å². The van der Waals surface area contributed by atoms with Crippen molar-refractivity contribution in [3.63, 3.8) is 0 Å². The molecule has 1 atom stereocenters. The standard InChI is InChI=1S/C13H17N/c1-5-12-8-13(7-6-10(12)2)11(3)9-14-4/h1,6-8,11,14H,9H2,2-4H3. The average molecular weight is 187 g/mol. The first-order chi connectivity index (χ1) is 6.69. The van der Waals surface area contributed by atoms with Gasteiger partial charge < -0.3 is 5.32 Å². The van der Waals surface area contributed by atoms with Gasteiger partial charge in [0.05, 0.1) is 0 Å². The minimum Gasteiger partial charge on any atom is -0.319 e. The number of rotatable bonds is 3. The second-order valence-corrected chi connectivity index (χ2v) is 3.68. The highest BCUT2D eigenvalue weighted by Gasteiger charge is 2.05. The average Bonchev–Trinajstić information content (AvgIpc) is 2.19. The molecular weight excluding hydrogens is 170 g/mol. The van der Waals surface area contributed by atoms with Gasteiger partial charge >= 0.3 is 0 Å². The molecule has 0 saturated carbocycles. The summed E-state index contributed by atoms with van der Waals surface area (Å²) in [5, 5.41) is 3.17. The minimum absolute atomic E-state index is 0.507. The molecule has 0 saturated heterocycles. The molecule has 1 rings (SSSR count). The van der Waals surface area contributed by atoms with E-state index in [0.717, 1.165) is 12.1 Å². The molecule has 14 heavy (non-hydrogen) atoms. The number of terminal acetylenes is 1. The fourth-order valence-electron chi connectivity index (χ4n) is 1.53. The molecule has 74 valence electrons. The highest BCUT2D eigenvalue weighted by Crippen LogP contribution is 2.17. The van der Waals surface area contributed by atoms with E-state index >= 15 is 0 Å². The van der Waals surface area contributed by atoms with E-state index < -0.39 is 0 Å². The van der Waals surface area contributed by atoms with Gasteiger partial charge in [0.2, 0.25) is 0 Å². The van der Waals surface area contributed by atoms with Crippen molar-refractivity contribution >= 4 is 0 Å². The van der Waals surface area contributed by atoms with Crippen molar-refractivity contribution < 1.29 is 0 Å². The van der Waals surface area contributed by atoms with Gasteiger partial charge in [0, 0.05) is 12.1 Å². The molecule has 0 heterocycles. The maximum Gasteiger partial charge on any atom is 0.0274 e. The van der Waals surface area contributed by atoms with Gasteiger partial charge in [0.25, 0.3) is 0 Å². The topological polar surface area (TPSA) is 12.0 Å². The molecule has 1 unspecified atom stereocenters. The third kappa shape index (κ3) is 2.37. The van der Waals surface area contributed by atoms with Gasteiger partial charge in [-0.25, -0.2) is 0 Å². The second-order valence-electron chi connectivity index (χ2n) is 3.68. The Kier molecular flexibility index (Phi) is 3.73. The van der Waals surface area contributed by atoms with Crippen molar-refractivity contribution in [3.05, 3.63) is 34.9 Å². The Morgan fingerprint density at radius 3 is 2.79 bits per heavy atom. The number of hydrogen-bond acceptors (Lipinski definition) is 1. The van der Waals surface area contributed by atoms with Crippen LogP contribution >= 0.6 is 0 Å². The molecule has 0 aliphatic rings. The zero-order valence-electron chi connectivity index (χ0n) is 9.09. The van der Waals surface area contributed by atoms with Crippen molar-refractivity contribution in [2.75, 3.05) is 13.6 Å². The molecule has 1 aromatic carbocycles. The van der Waals surface area contributed by atoms with E-state index in [0.29, 0.717) is 5.92 Å². The molecule has 1 aromatic rings. The molecule has 0 bridgehead atoms. The van der Waals surface area contributed by atoms with Crippen molar-refractivity contribution in [3.8, 4) is 12.3 Å². The summed E-state index contributed by atoms with van der Waals surface area (Å²) >= 11 is 0. The molecule has 0 aliphatic carbocycles. The molecule has 0 spiro atoms. The molecule has 1 heteroatoms. The summed E-state index contributed by atoms with van der Waals surface area (Å²) in [4.78, 5) is 0. The summed E-state index contributed by atoms with van der Waals surface area (Å²) in [6.45, 7) is 5.22. The highest BCUT2D eigenvalue weighted by atomic mass is 14.8. The van der Waals surface area contributed by atoms with Crippen LogP contribution in [-0.4, -0.2) is 13.6 Å². The van der Waals surface area contributed by atoms with E-state index in [9.17, 15) is 0 Å². The zero-order chi connectivity index (χ0) is 10.6. The van der Waals surface area contributed by atoms with Crippen LogP contribution in [0.3, 0.4) is 0 Å². The van der Waals surface area contributed by atoms with Crippen LogP contribution in [-0.2, 0) is 0 Å². The number of aryl methyl sites for hydroxylation is 1. The smallest absolute Gasteiger partial charge is 0.0274 e. The fourth-order valence-corrected chi connectivity index (χ4v) is 1.53. The summed E-state index contributed by atoms with van der Waals surface area (Å²) in [6.07, 6.45) is 5.43. The summed E-state index contributed by atoms with van der Waals surface area (Å²) in [5.74, 6) is 3.22. The van der Waals surface area contributed by atoms with Gasteiger partial charge in [-0.2, -0.15) is 0 Å². The first-order valence-electron chi connectivity index (χ1n) is 4.90. The van der Waals surface area contributed by atoms with Gasteiger partial charge in [0.15, 0.2) is 0 Å². The van der Waals surface area contributed by atoms with Crippen LogP contribution in [0.5, 0.6) is 0 Å². The van der Waals surface area contributed by atoms with Crippen LogP contribution in [0.2, 0.25) is 0 Å². The molecule has 0 amide bonds. The first kappa shape index (κ1) is 10.8. The van der Waals surface area contributed by atoms with E-state index in [2.05, 4.69) is 36.4 Å². The molecule has 0 radical (unpaired) electrons. The summed E-state index contributed by atoms with van der Waals surface area (Å²) in [7, 11) is 1.97. The predicted molar refractivity (Wildman–Crippen MR) is 61.5 cm³/mol. The SMILES string of the molecule is C#Cc1cc(C(C)CNC)ccc1C. The molecule has 0 aromatic heterocycles. The number of benzene rings is 1. The number of hydrogen-bond donors (Lipinski definition) is 1. The lowest BCUT2D eigenvalue weighted by Gasteiger charge is -2.12. The third-order valence-electron chi connectivity index (χ3n) is 2.50. The Morgan fingerprint density at radius 2 is 2.21 bits per heavy atom. The normalized spacial score (nSPS) is 12.1. The van der Waals surface area contributed by atoms with Gasteiger partial charge in [-0.3, -0.25) is 0 Å². The Hall–Kier alpha value is -1.26. The van der Waals surface area contributed by atoms with Gasteiger partial charge in [-0.1, -0.05) is 25.0 Å². The molecule has 1 nitrogen and oxygen atoms in total. The summed E-state index contributed by atoms with van der Waals surface area (Å²) in [6, 6.07) is 6.35. The van der Waals surface area contributed by atoms with Crippen molar-refractivity contribution in [1.82, 2.24) is 5.32 Å². The van der Waals surface area contributed by atoms with Crippen molar-refractivity contribution in [2.24, 2.45) is 0 Å². The van der Waals surface area contributed by atoms with Crippen LogP contribution in [0, 0.1) is 19.3 Å². The van der Waals surface area contributed by atoms with Gasteiger partial charge in [-0.15, -0.1) is 6.42 Å². The Bertz CT molecular complexity index is 347. The quantitative estimate of drug-likeness (QED) is 0.716. The van der Waals surface area contributed by atoms with Gasteiger partial charge in [0.1, 0.15) is 0 Å². The Labute approximate surface area is 86.5 Å². The lowest BCUT2D eigenvalue weighted by atomic mass is 9.97. The van der Waals surface area contributed by atoms with Crippen LogP contribution < -0.4 is 5.32 Å². The third-order valence-corrected chi connectivity index (χ3v) is 2.50. The monoisotopic (exact) mass is 187 g/mol. The van der Waals surface area contributed by atoms with Crippen molar-refractivity contribution in [2.45, 2.75) is 19.8 Å². The minimum atomic E-state index is 0.507. The second kappa shape index (κ2) is 4.83. The molecule has 0 fully saturated rings. The maximum absolute atomic E-state index is 5.43. The first-order valence-corrected chi connectivity index (χ1v) is 4.90. The molecule has 0 aliphatic heterocycles. The van der Waals surface area contributed by atoms with E-state index in [-0.39, 0.29) is 0 Å². The largest absolute Gasteiger partial charge is 0.319 e. The van der Waals surface area contributed by atoms with E-state index in [1.165, 1.54) is 11.1 Å². The summed E-state index contributed by atoms with van der Waals surface area (Å²) in [5.41, 5.74) is 3.48. The predicted octanol–water partition coefficient (Wildman–Crippen LogP) is 2.30. The lowest BCUT2D eigenvalue weighted by Crippen LogP contribution is -2.14. The zero-order valence-corrected chi connectivity index (χ0v) is 9.09. The summed E-state index contributed by atoms with van der Waals surface area (Å²) < 4.78 is 0. The fraction of sp³-hybridized carbons (Fsp3) is 0.385. The van der Waals surface area contributed by atoms with E-state index in [4.69, 9.17) is 6.42 Å². The number of nitrogens with one attached hydrogen (secondary N) is 1. The van der Waals surface area contributed by atoms with Gasteiger partial charge in [-0.05, 0) is 37.1 Å². The van der Waals surface area contributed by atoms with Crippen LogP contribution in [0.1, 0.15) is 29.5 Å². The van der Waals surface area contributed by atoms with Crippen LogP contribution in [0.4, 0.5) is 0 Å². The van der Waals surface area contributed by atoms with E-state index in [1.54, 1.807) is 0 Å². The Balaban J connectivity index is 2.95. The number of likely N-dealkylation sites (N-methyl/N-ethyl adjacent to an activating group) is 1. The lowest BCUT2D eigenvalue weighted by molar-refractivity contribution is 0.677. The van der Waals surface area contributed by atoms with Crippen molar-refractivity contribution in [1.29, 1.82) is 0 Å². The molecular formula is C13H17N. The maximum atomic E-state index is 5.43. The Morgan fingerprint density at radius 1 is 1.50 bits per heavy atom.